The predicted molar refractivity (Wildman–Crippen MR) is 117 cm³/mol. The van der Waals surface area contributed by atoms with Gasteiger partial charge in [-0.2, -0.15) is 5.10 Å². The number of ether oxygens (including phenoxy) is 2. The van der Waals surface area contributed by atoms with Crippen molar-refractivity contribution >= 4 is 34.5 Å². The summed E-state index contributed by atoms with van der Waals surface area (Å²) in [6, 6.07) is 18.6. The highest BCUT2D eigenvalue weighted by atomic mass is 16.5. The third-order valence-corrected chi connectivity index (χ3v) is 4.32. The Kier molecular flexibility index (Phi) is 7.00. The second kappa shape index (κ2) is 10.1. The van der Waals surface area contributed by atoms with Crippen molar-refractivity contribution in [2.75, 3.05) is 19.0 Å². The van der Waals surface area contributed by atoms with E-state index in [4.69, 9.17) is 9.47 Å². The highest BCUT2D eigenvalue weighted by Gasteiger charge is 2.12. The summed E-state index contributed by atoms with van der Waals surface area (Å²) in [5.41, 5.74) is 3.65. The molecule has 0 aromatic heterocycles. The van der Waals surface area contributed by atoms with E-state index in [-0.39, 0.29) is 6.42 Å². The van der Waals surface area contributed by atoms with Crippen LogP contribution in [0, 0.1) is 0 Å². The number of benzene rings is 3. The molecule has 0 bridgehead atoms. The summed E-state index contributed by atoms with van der Waals surface area (Å²) in [7, 11) is 1.51. The number of nitrogens with zero attached hydrogens (tertiary/aromatic N) is 1. The van der Waals surface area contributed by atoms with Crippen LogP contribution in [0.5, 0.6) is 11.5 Å². The van der Waals surface area contributed by atoms with E-state index in [0.29, 0.717) is 23.8 Å². The van der Waals surface area contributed by atoms with Crippen molar-refractivity contribution in [2.24, 2.45) is 5.10 Å². The van der Waals surface area contributed by atoms with Gasteiger partial charge in [0, 0.05) is 5.56 Å². The Hall–Kier alpha value is -3.87. The molecule has 3 rings (SSSR count). The van der Waals surface area contributed by atoms with Gasteiger partial charge in [-0.05, 0) is 35.9 Å². The molecule has 3 aromatic carbocycles. The van der Waals surface area contributed by atoms with Gasteiger partial charge >= 0.3 is 0 Å². The van der Waals surface area contributed by atoms with E-state index in [1.165, 1.54) is 13.3 Å². The first-order valence-corrected chi connectivity index (χ1v) is 9.51. The Bertz CT molecular complexity index is 1080. The number of hydrazone groups is 1. The third kappa shape index (κ3) is 5.14. The van der Waals surface area contributed by atoms with Gasteiger partial charge in [0.25, 0.3) is 0 Å². The van der Waals surface area contributed by atoms with Crippen molar-refractivity contribution in [1.29, 1.82) is 0 Å². The third-order valence-electron chi connectivity index (χ3n) is 4.32. The molecule has 7 nitrogen and oxygen atoms in total. The molecule has 154 valence electrons. The minimum absolute atomic E-state index is 0.372. The van der Waals surface area contributed by atoms with Crippen molar-refractivity contribution in [3.63, 3.8) is 0 Å². The quantitative estimate of drug-likeness (QED) is 0.340. The molecule has 30 heavy (non-hydrogen) atoms. The van der Waals surface area contributed by atoms with Crippen molar-refractivity contribution < 1.29 is 19.1 Å². The maximum Gasteiger partial charge on any atom is 0.249 e. The summed E-state index contributed by atoms with van der Waals surface area (Å²) >= 11 is 0. The largest absolute Gasteiger partial charge is 0.495 e. The second-order valence-electron chi connectivity index (χ2n) is 6.35. The van der Waals surface area contributed by atoms with Gasteiger partial charge in [0.2, 0.25) is 11.8 Å². The molecule has 0 aliphatic rings. The van der Waals surface area contributed by atoms with E-state index in [0.717, 1.165) is 16.3 Å². The number of para-hydroxylation sites is 2. The normalized spacial score (nSPS) is 10.7. The molecule has 0 aliphatic heterocycles. The summed E-state index contributed by atoms with van der Waals surface area (Å²) in [4.78, 5) is 24.3. The van der Waals surface area contributed by atoms with Crippen LogP contribution < -0.4 is 20.2 Å². The zero-order valence-electron chi connectivity index (χ0n) is 16.8. The summed E-state index contributed by atoms with van der Waals surface area (Å²) in [6.07, 6.45) is 1.16. The van der Waals surface area contributed by atoms with Gasteiger partial charge in [0.15, 0.2) is 0 Å². The molecule has 2 N–H and O–H groups in total. The van der Waals surface area contributed by atoms with Crippen molar-refractivity contribution in [3.8, 4) is 11.5 Å². The maximum atomic E-state index is 12.1. The first kappa shape index (κ1) is 20.9. The molecular formula is C23H23N3O4. The Morgan fingerprint density at radius 3 is 2.53 bits per heavy atom. The first-order valence-electron chi connectivity index (χ1n) is 9.51. The van der Waals surface area contributed by atoms with Crippen LogP contribution in [0.3, 0.4) is 0 Å². The van der Waals surface area contributed by atoms with E-state index in [9.17, 15) is 9.59 Å². The second-order valence-corrected chi connectivity index (χ2v) is 6.35. The van der Waals surface area contributed by atoms with Crippen LogP contribution in [-0.2, 0) is 9.59 Å². The number of hydrogen-bond donors (Lipinski definition) is 2. The van der Waals surface area contributed by atoms with Gasteiger partial charge < -0.3 is 14.8 Å². The predicted octanol–water partition coefficient (Wildman–Crippen LogP) is 3.73. The van der Waals surface area contributed by atoms with E-state index in [1.54, 1.807) is 24.3 Å². The average molecular weight is 405 g/mol. The number of anilines is 1. The molecule has 0 saturated heterocycles. The van der Waals surface area contributed by atoms with Crippen LogP contribution >= 0.6 is 0 Å². The molecule has 7 heteroatoms. The fourth-order valence-corrected chi connectivity index (χ4v) is 2.99. The average Bonchev–Trinajstić information content (AvgIpc) is 2.75. The van der Waals surface area contributed by atoms with Crippen LogP contribution in [0.4, 0.5) is 5.69 Å². The number of nitrogens with one attached hydrogen (secondary N) is 2. The molecule has 0 aliphatic carbocycles. The van der Waals surface area contributed by atoms with Gasteiger partial charge in [-0.15, -0.1) is 0 Å². The molecule has 0 atom stereocenters. The Balaban J connectivity index is 1.66. The zero-order valence-corrected chi connectivity index (χ0v) is 16.8. The number of fused-ring (bicyclic) bond motifs is 1. The fraction of sp³-hybridized carbons (Fsp3) is 0.174. The molecule has 0 radical (unpaired) electrons. The highest BCUT2D eigenvalue weighted by Crippen LogP contribution is 2.26. The first-order chi connectivity index (χ1) is 14.6. The van der Waals surface area contributed by atoms with E-state index >= 15 is 0 Å². The summed E-state index contributed by atoms with van der Waals surface area (Å²) in [6.45, 7) is 2.41. The van der Waals surface area contributed by atoms with Crippen LogP contribution in [0.2, 0.25) is 0 Å². The molecule has 0 saturated carbocycles. The summed E-state index contributed by atoms with van der Waals surface area (Å²) in [5, 5.41) is 8.66. The smallest absolute Gasteiger partial charge is 0.249 e. The molecule has 0 spiro atoms. The monoisotopic (exact) mass is 405 g/mol. The molecule has 2 amide bonds. The molecule has 3 aromatic rings. The minimum Gasteiger partial charge on any atom is -0.495 e. The van der Waals surface area contributed by atoms with Gasteiger partial charge in [0.1, 0.15) is 17.9 Å². The number of carbonyl (C=O) groups is 2. The lowest BCUT2D eigenvalue weighted by Crippen LogP contribution is -2.24. The van der Waals surface area contributed by atoms with E-state index in [1.807, 2.05) is 43.3 Å². The summed E-state index contributed by atoms with van der Waals surface area (Å²) in [5.74, 6) is 0.191. The zero-order chi connectivity index (χ0) is 21.3. The van der Waals surface area contributed by atoms with E-state index < -0.39 is 11.8 Å². The lowest BCUT2D eigenvalue weighted by atomic mass is 10.0. The van der Waals surface area contributed by atoms with Crippen molar-refractivity contribution in [2.45, 2.75) is 13.3 Å². The Morgan fingerprint density at radius 2 is 1.73 bits per heavy atom. The SMILES string of the molecule is CCOc1ccc2ccccc2c1C=NNC(=O)CC(=O)Nc1ccccc1OC. The van der Waals surface area contributed by atoms with Gasteiger partial charge in [0.05, 0.1) is 25.6 Å². The topological polar surface area (TPSA) is 89.0 Å². The summed E-state index contributed by atoms with van der Waals surface area (Å²) < 4.78 is 10.9. The number of hydrogen-bond acceptors (Lipinski definition) is 5. The van der Waals surface area contributed by atoms with E-state index in [2.05, 4.69) is 15.8 Å². The molecule has 0 heterocycles. The number of carbonyl (C=O) groups excluding carboxylic acids is 2. The Labute approximate surface area is 174 Å². The minimum atomic E-state index is -0.531. The van der Waals surface area contributed by atoms with Crippen molar-refractivity contribution in [3.05, 3.63) is 66.2 Å². The van der Waals surface area contributed by atoms with Crippen LogP contribution in [0.15, 0.2) is 65.8 Å². The lowest BCUT2D eigenvalue weighted by molar-refractivity contribution is -0.126. The van der Waals surface area contributed by atoms with Crippen LogP contribution in [-0.4, -0.2) is 31.7 Å². The van der Waals surface area contributed by atoms with Gasteiger partial charge in [-0.1, -0.05) is 42.5 Å². The fourth-order valence-electron chi connectivity index (χ4n) is 2.99. The van der Waals surface area contributed by atoms with Crippen LogP contribution in [0.1, 0.15) is 18.9 Å². The van der Waals surface area contributed by atoms with Crippen molar-refractivity contribution in [1.82, 2.24) is 5.43 Å². The molecule has 0 unspecified atom stereocenters. The maximum absolute atomic E-state index is 12.1. The Morgan fingerprint density at radius 1 is 0.967 bits per heavy atom. The van der Waals surface area contributed by atoms with Gasteiger partial charge in [-0.25, -0.2) is 5.43 Å². The van der Waals surface area contributed by atoms with Gasteiger partial charge in [-0.3, -0.25) is 9.59 Å². The highest BCUT2D eigenvalue weighted by molar-refractivity contribution is 6.05. The number of amides is 2. The molecule has 0 fully saturated rings. The number of rotatable bonds is 8. The standard InChI is InChI=1S/C23H23N3O4/c1-3-30-20-13-12-16-8-4-5-9-17(16)18(20)15-24-26-23(28)14-22(27)25-19-10-6-7-11-21(19)29-2/h4-13,15H,3,14H2,1-2H3,(H,25,27)(H,26,28). The van der Waals surface area contributed by atoms with Crippen LogP contribution in [0.25, 0.3) is 10.8 Å². The molecular weight excluding hydrogens is 382 g/mol. The number of methoxy groups -OCH3 is 1. The lowest BCUT2D eigenvalue weighted by Gasteiger charge is -2.10.